The Morgan fingerprint density at radius 3 is 3.00 bits per heavy atom. The third-order valence-electron chi connectivity index (χ3n) is 2.54. The summed E-state index contributed by atoms with van der Waals surface area (Å²) in [5, 5.41) is 10.9. The molecule has 0 radical (unpaired) electrons. The van der Waals surface area contributed by atoms with E-state index in [1.807, 2.05) is 20.0 Å². The maximum absolute atomic E-state index is 11.6. The Labute approximate surface area is 88.5 Å². The Bertz CT molecular complexity index is 379. The normalized spacial score (nSPS) is 20.8. The van der Waals surface area contributed by atoms with Crippen molar-refractivity contribution in [3.8, 4) is 0 Å². The smallest absolute Gasteiger partial charge is 0.244 e. The number of amides is 1. The second kappa shape index (κ2) is 3.84. The van der Waals surface area contributed by atoms with Gasteiger partial charge in [-0.1, -0.05) is 0 Å². The SMILES string of the molecule is Cc1cnnc(NC2CCN(C)C2=O)c1. The third kappa shape index (κ3) is 2.06. The van der Waals surface area contributed by atoms with Gasteiger partial charge in [0.2, 0.25) is 5.91 Å². The van der Waals surface area contributed by atoms with Crippen molar-refractivity contribution < 1.29 is 4.79 Å². The molecule has 1 unspecified atom stereocenters. The van der Waals surface area contributed by atoms with E-state index >= 15 is 0 Å². The van der Waals surface area contributed by atoms with Crippen LogP contribution in [0.4, 0.5) is 5.82 Å². The minimum absolute atomic E-state index is 0.123. The summed E-state index contributed by atoms with van der Waals surface area (Å²) >= 11 is 0. The van der Waals surface area contributed by atoms with Gasteiger partial charge in [0.25, 0.3) is 0 Å². The van der Waals surface area contributed by atoms with Gasteiger partial charge >= 0.3 is 0 Å². The average Bonchev–Trinajstić information content (AvgIpc) is 2.50. The maximum Gasteiger partial charge on any atom is 0.244 e. The highest BCUT2D eigenvalue weighted by molar-refractivity contribution is 5.86. The van der Waals surface area contributed by atoms with E-state index in [-0.39, 0.29) is 11.9 Å². The standard InChI is InChI=1S/C10H14N4O/c1-7-5-9(13-11-6-7)12-8-3-4-14(2)10(8)15/h5-6,8H,3-4H2,1-2H3,(H,12,13). The van der Waals surface area contributed by atoms with Crippen molar-refractivity contribution in [2.75, 3.05) is 18.9 Å². The number of anilines is 1. The van der Waals surface area contributed by atoms with Crippen molar-refractivity contribution in [1.82, 2.24) is 15.1 Å². The van der Waals surface area contributed by atoms with Crippen molar-refractivity contribution in [2.45, 2.75) is 19.4 Å². The molecule has 0 aromatic carbocycles. The highest BCUT2D eigenvalue weighted by Crippen LogP contribution is 2.14. The Balaban J connectivity index is 2.06. The van der Waals surface area contributed by atoms with Crippen LogP contribution in [-0.2, 0) is 4.79 Å². The largest absolute Gasteiger partial charge is 0.357 e. The number of nitrogens with zero attached hydrogens (tertiary/aromatic N) is 3. The van der Waals surface area contributed by atoms with Crippen LogP contribution in [-0.4, -0.2) is 40.6 Å². The first-order valence-corrected chi connectivity index (χ1v) is 4.97. The number of aryl methyl sites for hydroxylation is 1. The van der Waals surface area contributed by atoms with E-state index in [4.69, 9.17) is 0 Å². The molecule has 15 heavy (non-hydrogen) atoms. The zero-order valence-electron chi connectivity index (χ0n) is 8.90. The molecule has 1 fully saturated rings. The Morgan fingerprint density at radius 2 is 2.40 bits per heavy atom. The fourth-order valence-electron chi connectivity index (χ4n) is 1.67. The van der Waals surface area contributed by atoms with Gasteiger partial charge in [0.15, 0.2) is 0 Å². The number of hydrogen-bond acceptors (Lipinski definition) is 4. The number of carbonyl (C=O) groups is 1. The van der Waals surface area contributed by atoms with Crippen LogP contribution < -0.4 is 5.32 Å². The van der Waals surface area contributed by atoms with Crippen LogP contribution in [0.1, 0.15) is 12.0 Å². The molecule has 1 aliphatic heterocycles. The topological polar surface area (TPSA) is 58.1 Å². The van der Waals surface area contributed by atoms with E-state index in [0.717, 1.165) is 18.5 Å². The number of likely N-dealkylation sites (N-methyl/N-ethyl adjacent to an activating group) is 1. The molecule has 1 saturated heterocycles. The fraction of sp³-hybridized carbons (Fsp3) is 0.500. The van der Waals surface area contributed by atoms with Gasteiger partial charge < -0.3 is 10.2 Å². The molecule has 5 heteroatoms. The second-order valence-corrected chi connectivity index (χ2v) is 3.86. The lowest BCUT2D eigenvalue weighted by Gasteiger charge is -2.12. The third-order valence-corrected chi connectivity index (χ3v) is 2.54. The van der Waals surface area contributed by atoms with Gasteiger partial charge in [-0.05, 0) is 25.0 Å². The summed E-state index contributed by atoms with van der Waals surface area (Å²) in [6.07, 6.45) is 2.51. The summed E-state index contributed by atoms with van der Waals surface area (Å²) in [5.74, 6) is 0.793. The Kier molecular flexibility index (Phi) is 2.53. The van der Waals surface area contributed by atoms with Crippen LogP contribution in [0.25, 0.3) is 0 Å². The van der Waals surface area contributed by atoms with Crippen molar-refractivity contribution in [3.05, 3.63) is 17.8 Å². The van der Waals surface area contributed by atoms with Crippen LogP contribution in [0.15, 0.2) is 12.3 Å². The molecule has 0 aliphatic carbocycles. The molecule has 0 spiro atoms. The van der Waals surface area contributed by atoms with Gasteiger partial charge in [0.05, 0.1) is 6.20 Å². The molecule has 1 aliphatic rings. The van der Waals surface area contributed by atoms with E-state index < -0.39 is 0 Å². The second-order valence-electron chi connectivity index (χ2n) is 3.86. The van der Waals surface area contributed by atoms with Crippen LogP contribution in [0.2, 0.25) is 0 Å². The lowest BCUT2D eigenvalue weighted by Crippen LogP contribution is -2.31. The first kappa shape index (κ1) is 9.89. The predicted octanol–water partition coefficient (Wildman–Crippen LogP) is 0.428. The predicted molar refractivity (Wildman–Crippen MR) is 56.4 cm³/mol. The van der Waals surface area contributed by atoms with Gasteiger partial charge in [0.1, 0.15) is 11.9 Å². The van der Waals surface area contributed by atoms with E-state index in [2.05, 4.69) is 15.5 Å². The van der Waals surface area contributed by atoms with Gasteiger partial charge in [-0.25, -0.2) is 0 Å². The molecule has 2 heterocycles. The zero-order valence-corrected chi connectivity index (χ0v) is 8.90. The first-order chi connectivity index (χ1) is 7.16. The number of likely N-dealkylation sites (tertiary alicyclic amines) is 1. The van der Waals surface area contributed by atoms with Gasteiger partial charge in [-0.3, -0.25) is 4.79 Å². The highest BCUT2D eigenvalue weighted by atomic mass is 16.2. The van der Waals surface area contributed by atoms with Crippen molar-refractivity contribution >= 4 is 11.7 Å². The molecular formula is C10H14N4O. The lowest BCUT2D eigenvalue weighted by molar-refractivity contribution is -0.127. The summed E-state index contributed by atoms with van der Waals surface area (Å²) in [6.45, 7) is 2.75. The monoisotopic (exact) mass is 206 g/mol. The number of hydrogen-bond donors (Lipinski definition) is 1. The van der Waals surface area contributed by atoms with E-state index in [1.54, 1.807) is 11.1 Å². The molecule has 1 aromatic rings. The average molecular weight is 206 g/mol. The molecule has 5 nitrogen and oxygen atoms in total. The molecule has 0 saturated carbocycles. The van der Waals surface area contributed by atoms with E-state index in [1.165, 1.54) is 0 Å². The number of rotatable bonds is 2. The zero-order chi connectivity index (χ0) is 10.8. The summed E-state index contributed by atoms with van der Waals surface area (Å²) in [7, 11) is 1.81. The first-order valence-electron chi connectivity index (χ1n) is 4.97. The molecule has 1 amide bonds. The summed E-state index contributed by atoms with van der Waals surface area (Å²) < 4.78 is 0. The van der Waals surface area contributed by atoms with E-state index in [9.17, 15) is 4.79 Å². The molecule has 1 N–H and O–H groups in total. The Hall–Kier alpha value is -1.65. The summed E-state index contributed by atoms with van der Waals surface area (Å²) in [4.78, 5) is 13.3. The van der Waals surface area contributed by atoms with Crippen LogP contribution in [0, 0.1) is 6.92 Å². The van der Waals surface area contributed by atoms with Gasteiger partial charge in [0, 0.05) is 13.6 Å². The number of nitrogens with one attached hydrogen (secondary N) is 1. The van der Waals surface area contributed by atoms with E-state index in [0.29, 0.717) is 5.82 Å². The highest BCUT2D eigenvalue weighted by Gasteiger charge is 2.28. The number of aromatic nitrogens is 2. The van der Waals surface area contributed by atoms with Crippen LogP contribution in [0.3, 0.4) is 0 Å². The molecule has 1 atom stereocenters. The minimum Gasteiger partial charge on any atom is -0.357 e. The quantitative estimate of drug-likeness (QED) is 0.762. The fourth-order valence-corrected chi connectivity index (χ4v) is 1.67. The lowest BCUT2D eigenvalue weighted by atomic mass is 10.2. The van der Waals surface area contributed by atoms with Crippen molar-refractivity contribution in [3.63, 3.8) is 0 Å². The van der Waals surface area contributed by atoms with Gasteiger partial charge in [-0.2, -0.15) is 5.10 Å². The molecule has 2 rings (SSSR count). The van der Waals surface area contributed by atoms with Crippen LogP contribution >= 0.6 is 0 Å². The van der Waals surface area contributed by atoms with Crippen molar-refractivity contribution in [2.24, 2.45) is 0 Å². The maximum atomic E-state index is 11.6. The van der Waals surface area contributed by atoms with Crippen LogP contribution in [0.5, 0.6) is 0 Å². The molecule has 1 aromatic heterocycles. The van der Waals surface area contributed by atoms with Crippen molar-refractivity contribution in [1.29, 1.82) is 0 Å². The molecular weight excluding hydrogens is 192 g/mol. The minimum atomic E-state index is -0.147. The Morgan fingerprint density at radius 1 is 1.60 bits per heavy atom. The van der Waals surface area contributed by atoms with Gasteiger partial charge in [-0.15, -0.1) is 5.10 Å². The number of carbonyl (C=O) groups excluding carboxylic acids is 1. The molecule has 0 bridgehead atoms. The molecule has 80 valence electrons. The summed E-state index contributed by atoms with van der Waals surface area (Å²) in [5.41, 5.74) is 1.03. The summed E-state index contributed by atoms with van der Waals surface area (Å²) in [6, 6.07) is 1.74.